The molecule has 0 saturated carbocycles. The summed E-state index contributed by atoms with van der Waals surface area (Å²) in [6.45, 7) is 7.76. The maximum Gasteiger partial charge on any atom is 0.191 e. The van der Waals surface area contributed by atoms with Crippen LogP contribution >= 0.6 is 0 Å². The van der Waals surface area contributed by atoms with Gasteiger partial charge < -0.3 is 4.74 Å². The monoisotopic (exact) mass is 292 g/mol. The molecule has 1 saturated heterocycles. The van der Waals surface area contributed by atoms with Crippen LogP contribution in [0.3, 0.4) is 0 Å². The average molecular weight is 292 g/mol. The van der Waals surface area contributed by atoms with E-state index in [1.54, 1.807) is 0 Å². The first-order valence-corrected chi connectivity index (χ1v) is 7.43. The topological polar surface area (TPSA) is 44.8 Å². The van der Waals surface area contributed by atoms with Crippen LogP contribution in [0, 0.1) is 6.92 Å². The Morgan fingerprint density at radius 1 is 1.24 bits per heavy atom. The first kappa shape index (κ1) is 16.1. The zero-order chi connectivity index (χ0) is 15.5. The number of hydrogen-bond acceptors (Lipinski definition) is 4. The number of aryl methyl sites for hydroxylation is 1. The molecule has 1 aliphatic rings. The maximum atomic E-state index is 12.2. The highest BCUT2D eigenvalue weighted by atomic mass is 17.2. The predicted octanol–water partition coefficient (Wildman–Crippen LogP) is 3.82. The Balaban J connectivity index is 1.79. The SMILES string of the molecule is Cc1ccc(C(=O)C[C@@H]2CC[C@H](OOC(C)(C)C)O2)cc1. The van der Waals surface area contributed by atoms with Gasteiger partial charge in [-0.2, -0.15) is 0 Å². The number of hydrogen-bond donors (Lipinski definition) is 0. The van der Waals surface area contributed by atoms with E-state index in [9.17, 15) is 4.79 Å². The van der Waals surface area contributed by atoms with Gasteiger partial charge in [0.2, 0.25) is 0 Å². The molecule has 2 atom stereocenters. The van der Waals surface area contributed by atoms with Crippen molar-refractivity contribution in [2.75, 3.05) is 0 Å². The third-order valence-corrected chi connectivity index (χ3v) is 3.26. The molecule has 0 aromatic heterocycles. The zero-order valence-electron chi connectivity index (χ0n) is 13.2. The van der Waals surface area contributed by atoms with Gasteiger partial charge in [0.05, 0.1) is 11.7 Å². The molecule has 0 unspecified atom stereocenters. The van der Waals surface area contributed by atoms with Crippen molar-refractivity contribution < 1.29 is 19.3 Å². The number of carbonyl (C=O) groups is 1. The van der Waals surface area contributed by atoms with Crippen LogP contribution in [0.15, 0.2) is 24.3 Å². The highest BCUT2D eigenvalue weighted by Gasteiger charge is 2.29. The molecule has 0 radical (unpaired) electrons. The van der Waals surface area contributed by atoms with Crippen molar-refractivity contribution in [1.82, 2.24) is 0 Å². The predicted molar refractivity (Wildman–Crippen MR) is 79.9 cm³/mol. The highest BCUT2D eigenvalue weighted by molar-refractivity contribution is 5.96. The molecular weight excluding hydrogens is 268 g/mol. The molecule has 2 rings (SSSR count). The third-order valence-electron chi connectivity index (χ3n) is 3.26. The largest absolute Gasteiger partial charge is 0.346 e. The molecule has 0 N–H and O–H groups in total. The highest BCUT2D eigenvalue weighted by Crippen LogP contribution is 2.25. The van der Waals surface area contributed by atoms with Crippen molar-refractivity contribution in [2.45, 2.75) is 65.0 Å². The van der Waals surface area contributed by atoms with Crippen molar-refractivity contribution in [3.63, 3.8) is 0 Å². The first-order valence-electron chi connectivity index (χ1n) is 7.43. The number of Topliss-reactive ketones (excluding diaryl/α,β-unsaturated/α-hetero) is 1. The molecule has 0 amide bonds. The fourth-order valence-electron chi connectivity index (χ4n) is 2.16. The fourth-order valence-corrected chi connectivity index (χ4v) is 2.16. The van der Waals surface area contributed by atoms with Gasteiger partial charge in [0.15, 0.2) is 12.1 Å². The summed E-state index contributed by atoms with van der Waals surface area (Å²) in [6.07, 6.45) is 1.49. The Bertz CT molecular complexity index is 473. The molecule has 1 aliphatic heterocycles. The molecular formula is C17H24O4. The lowest BCUT2D eigenvalue weighted by Crippen LogP contribution is -2.25. The Kier molecular flexibility index (Phi) is 5.14. The number of ketones is 1. The van der Waals surface area contributed by atoms with Gasteiger partial charge in [0.1, 0.15) is 0 Å². The minimum absolute atomic E-state index is 0.0904. The van der Waals surface area contributed by atoms with Crippen molar-refractivity contribution in [3.8, 4) is 0 Å². The first-order chi connectivity index (χ1) is 9.83. The molecule has 21 heavy (non-hydrogen) atoms. The molecule has 4 heteroatoms. The number of carbonyl (C=O) groups excluding carboxylic acids is 1. The van der Waals surface area contributed by atoms with Crippen LogP contribution in [0.25, 0.3) is 0 Å². The lowest BCUT2D eigenvalue weighted by atomic mass is 10.0. The standard InChI is InChI=1S/C17H24O4/c1-12-5-7-13(8-6-12)15(18)11-14-9-10-16(19-14)20-21-17(2,3)4/h5-8,14,16H,9-11H2,1-4H3/t14-,16-/m0/s1. The number of benzene rings is 1. The lowest BCUT2D eigenvalue weighted by Gasteiger charge is -2.20. The summed E-state index contributed by atoms with van der Waals surface area (Å²) in [4.78, 5) is 22.7. The summed E-state index contributed by atoms with van der Waals surface area (Å²) in [5, 5.41) is 0. The Hall–Kier alpha value is -1.23. The smallest absolute Gasteiger partial charge is 0.191 e. The van der Waals surface area contributed by atoms with E-state index < -0.39 is 0 Å². The Morgan fingerprint density at radius 2 is 1.90 bits per heavy atom. The van der Waals surface area contributed by atoms with Crippen LogP contribution in [0.1, 0.15) is 56.0 Å². The summed E-state index contributed by atoms with van der Waals surface area (Å²) in [7, 11) is 0. The van der Waals surface area contributed by atoms with E-state index in [2.05, 4.69) is 0 Å². The summed E-state index contributed by atoms with van der Waals surface area (Å²) in [5.74, 6) is 0.109. The zero-order valence-corrected chi connectivity index (χ0v) is 13.2. The second kappa shape index (κ2) is 6.69. The van der Waals surface area contributed by atoms with Gasteiger partial charge in [-0.05, 0) is 34.1 Å². The summed E-state index contributed by atoms with van der Waals surface area (Å²) in [5.41, 5.74) is 1.52. The van der Waals surface area contributed by atoms with Gasteiger partial charge >= 0.3 is 0 Å². The van der Waals surface area contributed by atoms with E-state index in [0.717, 1.165) is 24.0 Å². The quantitative estimate of drug-likeness (QED) is 0.470. The molecule has 0 aliphatic carbocycles. The van der Waals surface area contributed by atoms with Gasteiger partial charge in [-0.25, -0.2) is 9.78 Å². The number of rotatable bonds is 5. The fraction of sp³-hybridized carbons (Fsp3) is 0.588. The third kappa shape index (κ3) is 5.23. The van der Waals surface area contributed by atoms with Crippen molar-refractivity contribution in [2.24, 2.45) is 0 Å². The summed E-state index contributed by atoms with van der Waals surface area (Å²) in [6, 6.07) is 7.63. The summed E-state index contributed by atoms with van der Waals surface area (Å²) < 4.78 is 5.70. The van der Waals surface area contributed by atoms with Gasteiger partial charge in [-0.3, -0.25) is 4.79 Å². The van der Waals surface area contributed by atoms with Gasteiger partial charge in [0.25, 0.3) is 0 Å². The van der Waals surface area contributed by atoms with E-state index in [1.807, 2.05) is 52.0 Å². The normalized spacial score (nSPS) is 22.5. The molecule has 1 aromatic rings. The van der Waals surface area contributed by atoms with E-state index in [4.69, 9.17) is 14.5 Å². The lowest BCUT2D eigenvalue weighted by molar-refractivity contribution is -0.411. The minimum atomic E-state index is -0.375. The molecule has 1 aromatic carbocycles. The van der Waals surface area contributed by atoms with Crippen LogP contribution in [0.2, 0.25) is 0 Å². The van der Waals surface area contributed by atoms with Gasteiger partial charge in [0, 0.05) is 18.4 Å². The van der Waals surface area contributed by atoms with Crippen LogP contribution in [-0.4, -0.2) is 23.8 Å². The minimum Gasteiger partial charge on any atom is -0.346 e. The molecule has 4 nitrogen and oxygen atoms in total. The molecule has 0 spiro atoms. The van der Waals surface area contributed by atoms with E-state index in [1.165, 1.54) is 0 Å². The summed E-state index contributed by atoms with van der Waals surface area (Å²) >= 11 is 0. The average Bonchev–Trinajstić information content (AvgIpc) is 2.84. The van der Waals surface area contributed by atoms with Crippen molar-refractivity contribution in [3.05, 3.63) is 35.4 Å². The van der Waals surface area contributed by atoms with Crippen LogP contribution in [0.5, 0.6) is 0 Å². The van der Waals surface area contributed by atoms with Gasteiger partial charge in [-0.15, -0.1) is 0 Å². The Labute approximate surface area is 126 Å². The molecule has 116 valence electrons. The second-order valence-corrected chi connectivity index (χ2v) is 6.55. The number of ether oxygens (including phenoxy) is 1. The molecule has 1 fully saturated rings. The van der Waals surface area contributed by atoms with Crippen molar-refractivity contribution in [1.29, 1.82) is 0 Å². The van der Waals surface area contributed by atoms with E-state index >= 15 is 0 Å². The molecule has 0 bridgehead atoms. The van der Waals surface area contributed by atoms with Gasteiger partial charge in [-0.1, -0.05) is 29.8 Å². The van der Waals surface area contributed by atoms with E-state index in [-0.39, 0.29) is 23.8 Å². The van der Waals surface area contributed by atoms with Crippen LogP contribution in [-0.2, 0) is 14.5 Å². The van der Waals surface area contributed by atoms with E-state index in [0.29, 0.717) is 6.42 Å². The molecule has 1 heterocycles. The second-order valence-electron chi connectivity index (χ2n) is 6.55. The van der Waals surface area contributed by atoms with Crippen LogP contribution < -0.4 is 0 Å². The van der Waals surface area contributed by atoms with Crippen LogP contribution in [0.4, 0.5) is 0 Å². The maximum absolute atomic E-state index is 12.2. The Morgan fingerprint density at radius 3 is 2.52 bits per heavy atom. The van der Waals surface area contributed by atoms with Crippen molar-refractivity contribution >= 4 is 5.78 Å².